The van der Waals surface area contributed by atoms with Crippen LogP contribution in [-0.4, -0.2) is 113 Å². The zero-order chi connectivity index (χ0) is 54.8. The zero-order valence-electron chi connectivity index (χ0n) is 43.6. The highest BCUT2D eigenvalue weighted by molar-refractivity contribution is 6.00. The van der Waals surface area contributed by atoms with Crippen molar-refractivity contribution in [1.82, 2.24) is 42.2 Å². The minimum absolute atomic E-state index is 0.0264. The molecule has 76 heavy (non-hydrogen) atoms. The highest BCUT2D eigenvalue weighted by Gasteiger charge is 2.46. The summed E-state index contributed by atoms with van der Waals surface area (Å²) in [6.45, 7) is 5.90. The third-order valence-electron chi connectivity index (χ3n) is 13.6. The molecule has 1 unspecified atom stereocenters. The predicted octanol–water partition coefficient (Wildman–Crippen LogP) is 1.63. The molecule has 0 radical (unpaired) electrons. The molecule has 2 heterocycles. The van der Waals surface area contributed by atoms with Crippen LogP contribution in [0.2, 0.25) is 0 Å². The summed E-state index contributed by atoms with van der Waals surface area (Å²) in [5.41, 5.74) is 19.0. The number of H-pyrrole nitrogens is 1. The predicted molar refractivity (Wildman–Crippen MR) is 287 cm³/mol. The van der Waals surface area contributed by atoms with Gasteiger partial charge in [0, 0.05) is 55.9 Å². The van der Waals surface area contributed by atoms with Gasteiger partial charge in [-0.05, 0) is 99.6 Å². The number of hydrogen-bond donors (Lipinski definition) is 11. The van der Waals surface area contributed by atoms with Crippen LogP contribution in [0.25, 0.3) is 10.9 Å². The molecule has 1 saturated heterocycles. The van der Waals surface area contributed by atoms with Crippen LogP contribution >= 0.6 is 0 Å². The summed E-state index contributed by atoms with van der Waals surface area (Å²) < 4.78 is 6.16. The van der Waals surface area contributed by atoms with Crippen molar-refractivity contribution >= 4 is 64.1 Å². The van der Waals surface area contributed by atoms with Gasteiger partial charge < -0.3 is 64.1 Å². The van der Waals surface area contributed by atoms with Gasteiger partial charge in [0.05, 0.1) is 12.5 Å². The van der Waals surface area contributed by atoms with Crippen molar-refractivity contribution in [3.8, 4) is 5.75 Å². The molecule has 21 heteroatoms. The van der Waals surface area contributed by atoms with Gasteiger partial charge in [0.15, 0.2) is 5.96 Å². The summed E-state index contributed by atoms with van der Waals surface area (Å²) >= 11 is 0. The molecular formula is C55H74N12O9. The number of unbranched alkanes of at least 4 members (excludes halogenated alkanes) is 1. The topological polar surface area (TPSA) is 336 Å². The van der Waals surface area contributed by atoms with E-state index in [1.807, 2.05) is 57.2 Å². The van der Waals surface area contributed by atoms with Gasteiger partial charge >= 0.3 is 0 Å². The number of nitrogens with one attached hydrogen (secondary N) is 8. The van der Waals surface area contributed by atoms with Crippen LogP contribution in [0.15, 0.2) is 84.0 Å². The number of carbonyl (C=O) groups is 8. The van der Waals surface area contributed by atoms with Crippen LogP contribution in [0.5, 0.6) is 5.75 Å². The number of fused-ring (bicyclic) bond motifs is 2. The Morgan fingerprint density at radius 3 is 2.25 bits per heavy atom. The van der Waals surface area contributed by atoms with Crippen LogP contribution in [0, 0.1) is 0 Å². The lowest BCUT2D eigenvalue weighted by molar-refractivity contribution is -0.139. The van der Waals surface area contributed by atoms with Crippen LogP contribution < -0.4 is 59.2 Å². The number of guanidine groups is 1. The molecule has 1 aliphatic heterocycles. The van der Waals surface area contributed by atoms with E-state index in [0.717, 1.165) is 16.5 Å². The summed E-state index contributed by atoms with van der Waals surface area (Å²) in [6.07, 6.45) is 3.40. The molecule has 0 bridgehead atoms. The minimum Gasteiger partial charge on any atom is -0.491 e. The van der Waals surface area contributed by atoms with E-state index in [9.17, 15) is 33.6 Å². The van der Waals surface area contributed by atoms with Crippen molar-refractivity contribution in [3.05, 3.63) is 101 Å². The zero-order valence-corrected chi connectivity index (χ0v) is 43.6. The molecule has 6 atom stereocenters. The van der Waals surface area contributed by atoms with Crippen LogP contribution in [0.1, 0.15) is 107 Å². The van der Waals surface area contributed by atoms with Crippen molar-refractivity contribution in [2.45, 2.75) is 153 Å². The average molecular weight is 1050 g/mol. The number of nitrogens with zero attached hydrogens (tertiary/aromatic N) is 1. The number of amides is 8. The Morgan fingerprint density at radius 2 is 1.51 bits per heavy atom. The van der Waals surface area contributed by atoms with Crippen molar-refractivity contribution < 1.29 is 43.1 Å². The molecule has 8 amide bonds. The van der Waals surface area contributed by atoms with E-state index in [1.54, 1.807) is 42.6 Å². The maximum Gasteiger partial charge on any atom is 0.246 e. The first-order chi connectivity index (χ1) is 36.4. The number of aliphatic imine (C=N–C) groups is 1. The second-order valence-electron chi connectivity index (χ2n) is 19.9. The van der Waals surface area contributed by atoms with E-state index in [4.69, 9.17) is 21.9 Å². The molecule has 21 nitrogen and oxygen atoms in total. The molecular weight excluding hydrogens is 973 g/mol. The normalized spacial score (nSPS) is 22.4. The molecule has 3 aromatic carbocycles. The third-order valence-corrected chi connectivity index (χ3v) is 13.6. The largest absolute Gasteiger partial charge is 0.491 e. The van der Waals surface area contributed by atoms with Crippen LogP contribution in [0.3, 0.4) is 0 Å². The van der Waals surface area contributed by atoms with E-state index in [-0.39, 0.29) is 82.9 Å². The van der Waals surface area contributed by atoms with Gasteiger partial charge in [-0.2, -0.15) is 0 Å². The second kappa shape index (κ2) is 27.5. The Morgan fingerprint density at radius 1 is 0.803 bits per heavy atom. The molecule has 408 valence electrons. The number of carbonyl (C=O) groups excluding carboxylic acids is 8. The quantitative estimate of drug-likeness (QED) is 0.0462. The Labute approximate surface area is 442 Å². The number of benzene rings is 3. The van der Waals surface area contributed by atoms with Crippen molar-refractivity contribution in [2.75, 3.05) is 13.1 Å². The number of aromatic amines is 1. The third kappa shape index (κ3) is 16.3. The Bertz CT molecular complexity index is 2720. The second-order valence-corrected chi connectivity index (χ2v) is 19.9. The summed E-state index contributed by atoms with van der Waals surface area (Å²) in [5.74, 6) is -5.19. The molecule has 1 aliphatic carbocycles. The molecule has 1 aromatic heterocycles. The molecule has 4 aromatic rings. The summed E-state index contributed by atoms with van der Waals surface area (Å²) in [5, 5.41) is 20.6. The lowest BCUT2D eigenvalue weighted by atomic mass is 9.76. The first kappa shape index (κ1) is 57.3. The van der Waals surface area contributed by atoms with Crippen molar-refractivity contribution in [2.24, 2.45) is 22.2 Å². The molecule has 2 aliphatic rings. The number of rotatable bonds is 15. The van der Waals surface area contributed by atoms with Gasteiger partial charge in [0.25, 0.3) is 0 Å². The Kier molecular flexibility index (Phi) is 20.8. The highest BCUT2D eigenvalue weighted by Crippen LogP contribution is 2.35. The van der Waals surface area contributed by atoms with E-state index in [0.29, 0.717) is 48.1 Å². The molecule has 1 spiro atoms. The molecule has 14 N–H and O–H groups in total. The first-order valence-electron chi connectivity index (χ1n) is 26.3. The number of para-hydroxylation sites is 1. The number of nitrogens with two attached hydrogens (primary N) is 3. The van der Waals surface area contributed by atoms with Gasteiger partial charge in [0.1, 0.15) is 41.5 Å². The maximum absolute atomic E-state index is 15.4. The van der Waals surface area contributed by atoms with Gasteiger partial charge in [-0.1, -0.05) is 74.0 Å². The molecule has 0 saturated carbocycles. The fourth-order valence-corrected chi connectivity index (χ4v) is 9.59. The number of ether oxygens (including phenoxy) is 1. The lowest BCUT2D eigenvalue weighted by Crippen LogP contribution is -2.67. The van der Waals surface area contributed by atoms with Crippen LogP contribution in [-0.2, 0) is 64.0 Å². The minimum atomic E-state index is -1.75. The SMILES string of the molecule is CCCCC(=O)N[C@@H]1CC(=O)NCCCC[C@@H](C(N)=O)NC(=O)[C@H](Cc2c[nH]c3ccccc23)NC(=O)[C@@H](CCCN=C(N)N)NC(=O)[C@H](Cc2ccccc2)NC(=O)C2(CCc3c(cccc3OC(C)C)C2)NC1=O. The smallest absolute Gasteiger partial charge is 0.246 e. The van der Waals surface area contributed by atoms with Gasteiger partial charge in [-0.3, -0.25) is 43.3 Å². The van der Waals surface area contributed by atoms with E-state index in [2.05, 4.69) is 47.2 Å². The summed E-state index contributed by atoms with van der Waals surface area (Å²) in [6, 6.07) is 15.2. The number of primary amides is 1. The van der Waals surface area contributed by atoms with Gasteiger partial charge in [0.2, 0.25) is 47.3 Å². The Balaban J connectivity index is 1.43. The number of hydrogen-bond acceptors (Lipinski definition) is 10. The Hall–Kier alpha value is -7.97. The summed E-state index contributed by atoms with van der Waals surface area (Å²) in [7, 11) is 0. The standard InChI is InChI=1S/C55H74N12O9/c1-4-5-23-46(68)62-44-30-47(69)59-26-12-11-20-40(48(56)70)63-51(73)43(29-36-32-61-39-19-10-9-18-37(36)39)65-49(71)41(21-14-27-60-54(57)58)64-50(72)42(28-34-15-7-6-8-16-34)66-53(75)55(67-52(44)74)25-24-38-35(31-55)17-13-22-45(38)76-33(2)3/h6-10,13,15-19,22,32-33,40-44,61H,4-5,11-12,14,20-21,23-31H2,1-3H3,(H2,56,70)(H,59,69)(H,62,68)(H,63,73)(H,64,72)(H,65,71)(H,66,75)(H,67,74)(H4,57,58,60)/t40-,41+,42-,43-,44+,55?/m0/s1. The average Bonchev–Trinajstić information content (AvgIpc) is 3.80. The molecule has 1 fully saturated rings. The van der Waals surface area contributed by atoms with E-state index in [1.165, 1.54) is 0 Å². The monoisotopic (exact) mass is 1050 g/mol. The number of aromatic nitrogens is 1. The van der Waals surface area contributed by atoms with E-state index < -0.39 is 89.4 Å². The van der Waals surface area contributed by atoms with Gasteiger partial charge in [-0.15, -0.1) is 0 Å². The van der Waals surface area contributed by atoms with Crippen molar-refractivity contribution in [1.29, 1.82) is 0 Å². The maximum atomic E-state index is 15.4. The van der Waals surface area contributed by atoms with E-state index >= 15 is 4.79 Å². The lowest BCUT2D eigenvalue weighted by Gasteiger charge is -2.40. The summed E-state index contributed by atoms with van der Waals surface area (Å²) in [4.78, 5) is 121. The van der Waals surface area contributed by atoms with Gasteiger partial charge in [-0.25, -0.2) is 0 Å². The fourth-order valence-electron chi connectivity index (χ4n) is 9.59. The first-order valence-corrected chi connectivity index (χ1v) is 26.3. The van der Waals surface area contributed by atoms with Crippen LogP contribution in [0.4, 0.5) is 0 Å². The van der Waals surface area contributed by atoms with Crippen molar-refractivity contribution in [3.63, 3.8) is 0 Å². The molecule has 6 rings (SSSR count). The fraction of sp³-hybridized carbons (Fsp3) is 0.473. The highest BCUT2D eigenvalue weighted by atomic mass is 16.5.